The smallest absolute Gasteiger partial charge is 0.0346 e. The van der Waals surface area contributed by atoms with Gasteiger partial charge in [-0.3, -0.25) is 4.98 Å². The average molecular weight is 238 g/mol. The van der Waals surface area contributed by atoms with Crippen LogP contribution in [0.1, 0.15) is 25.3 Å². The fourth-order valence-corrected chi connectivity index (χ4v) is 2.01. The molecule has 2 aromatic rings. The number of nitrogens with one attached hydrogen (secondary N) is 1. The molecule has 1 heterocycles. The van der Waals surface area contributed by atoms with Gasteiger partial charge in [0.25, 0.3) is 0 Å². The molecule has 0 fully saturated rings. The highest BCUT2D eigenvalue weighted by atomic mass is 14.9. The zero-order valence-electron chi connectivity index (χ0n) is 10.7. The molecular weight excluding hydrogens is 220 g/mol. The van der Waals surface area contributed by atoms with Crippen LogP contribution < -0.4 is 5.32 Å². The molecule has 1 N–H and O–H groups in total. The number of pyridine rings is 1. The Morgan fingerprint density at radius 2 is 2.22 bits per heavy atom. The van der Waals surface area contributed by atoms with E-state index in [1.165, 1.54) is 16.3 Å². The van der Waals surface area contributed by atoms with Crippen molar-refractivity contribution in [3.8, 4) is 12.3 Å². The van der Waals surface area contributed by atoms with Crippen LogP contribution >= 0.6 is 0 Å². The average Bonchev–Trinajstić information content (AvgIpc) is 2.43. The molecule has 1 unspecified atom stereocenters. The molecule has 0 aliphatic rings. The Labute approximate surface area is 108 Å². The van der Waals surface area contributed by atoms with Crippen LogP contribution in [0.3, 0.4) is 0 Å². The van der Waals surface area contributed by atoms with Gasteiger partial charge in [0.1, 0.15) is 0 Å². The van der Waals surface area contributed by atoms with Gasteiger partial charge >= 0.3 is 0 Å². The van der Waals surface area contributed by atoms with Crippen LogP contribution in [-0.2, 0) is 6.54 Å². The molecule has 2 rings (SSSR count). The van der Waals surface area contributed by atoms with Gasteiger partial charge < -0.3 is 5.32 Å². The Bertz CT molecular complexity index is 554. The van der Waals surface area contributed by atoms with Gasteiger partial charge in [-0.15, -0.1) is 12.3 Å². The van der Waals surface area contributed by atoms with Crippen molar-refractivity contribution < 1.29 is 0 Å². The van der Waals surface area contributed by atoms with E-state index in [4.69, 9.17) is 6.42 Å². The first-order valence-electron chi connectivity index (χ1n) is 6.33. The SMILES string of the molecule is C#CCC(CC)NCc1ccc2cnccc2c1. The van der Waals surface area contributed by atoms with E-state index >= 15 is 0 Å². The molecule has 0 saturated heterocycles. The van der Waals surface area contributed by atoms with Gasteiger partial charge in [-0.05, 0) is 29.5 Å². The lowest BCUT2D eigenvalue weighted by atomic mass is 10.1. The summed E-state index contributed by atoms with van der Waals surface area (Å²) >= 11 is 0. The van der Waals surface area contributed by atoms with E-state index in [0.717, 1.165) is 19.4 Å². The zero-order valence-corrected chi connectivity index (χ0v) is 10.7. The number of hydrogen-bond donors (Lipinski definition) is 1. The molecule has 1 aromatic heterocycles. The fraction of sp³-hybridized carbons (Fsp3) is 0.312. The molecule has 92 valence electrons. The minimum Gasteiger partial charge on any atom is -0.309 e. The highest BCUT2D eigenvalue weighted by Gasteiger charge is 2.03. The molecule has 0 saturated carbocycles. The third kappa shape index (κ3) is 3.09. The fourth-order valence-electron chi connectivity index (χ4n) is 2.01. The highest BCUT2D eigenvalue weighted by Crippen LogP contribution is 2.14. The van der Waals surface area contributed by atoms with Gasteiger partial charge in [-0.2, -0.15) is 0 Å². The Kier molecular flexibility index (Phi) is 4.33. The number of benzene rings is 1. The lowest BCUT2D eigenvalue weighted by Crippen LogP contribution is -2.27. The van der Waals surface area contributed by atoms with E-state index in [1.807, 2.05) is 18.5 Å². The summed E-state index contributed by atoms with van der Waals surface area (Å²) in [6.07, 6.45) is 10.9. The second kappa shape index (κ2) is 6.18. The molecule has 0 radical (unpaired) electrons. The van der Waals surface area contributed by atoms with Gasteiger partial charge in [0.15, 0.2) is 0 Å². The number of fused-ring (bicyclic) bond motifs is 1. The van der Waals surface area contributed by atoms with Gasteiger partial charge in [-0.25, -0.2) is 0 Å². The molecule has 0 aliphatic heterocycles. The van der Waals surface area contributed by atoms with Crippen molar-refractivity contribution in [1.29, 1.82) is 0 Å². The van der Waals surface area contributed by atoms with E-state index in [9.17, 15) is 0 Å². The summed E-state index contributed by atoms with van der Waals surface area (Å²) in [5.74, 6) is 2.71. The molecule has 2 heteroatoms. The molecular formula is C16H18N2. The van der Waals surface area contributed by atoms with Crippen molar-refractivity contribution in [2.24, 2.45) is 0 Å². The van der Waals surface area contributed by atoms with Gasteiger partial charge in [0, 0.05) is 36.8 Å². The lowest BCUT2D eigenvalue weighted by Gasteiger charge is -2.14. The Balaban J connectivity index is 2.06. The van der Waals surface area contributed by atoms with Crippen LogP contribution in [0, 0.1) is 12.3 Å². The first kappa shape index (κ1) is 12.6. The first-order chi connectivity index (χ1) is 8.83. The van der Waals surface area contributed by atoms with Crippen LogP contribution in [0.15, 0.2) is 36.7 Å². The predicted octanol–water partition coefficient (Wildman–Crippen LogP) is 3.13. The summed E-state index contributed by atoms with van der Waals surface area (Å²) < 4.78 is 0. The summed E-state index contributed by atoms with van der Waals surface area (Å²) in [5, 5.41) is 5.90. The standard InChI is InChI=1S/C16H18N2/c1-3-5-16(4-2)18-11-13-6-7-15-12-17-9-8-14(15)10-13/h1,6-10,12,16,18H,4-5,11H2,2H3. The molecule has 0 bridgehead atoms. The third-order valence-electron chi connectivity index (χ3n) is 3.16. The van der Waals surface area contributed by atoms with Crippen LogP contribution in [0.4, 0.5) is 0 Å². The first-order valence-corrected chi connectivity index (χ1v) is 6.33. The van der Waals surface area contributed by atoms with Gasteiger partial charge in [-0.1, -0.05) is 19.1 Å². The van der Waals surface area contributed by atoms with Crippen molar-refractivity contribution in [2.75, 3.05) is 0 Å². The molecule has 18 heavy (non-hydrogen) atoms. The number of terminal acetylenes is 1. The van der Waals surface area contributed by atoms with E-state index in [-0.39, 0.29) is 0 Å². The molecule has 0 amide bonds. The van der Waals surface area contributed by atoms with Crippen molar-refractivity contribution in [2.45, 2.75) is 32.4 Å². The quantitative estimate of drug-likeness (QED) is 0.809. The minimum atomic E-state index is 0.406. The summed E-state index contributed by atoms with van der Waals surface area (Å²) in [6.45, 7) is 3.01. The summed E-state index contributed by atoms with van der Waals surface area (Å²) in [7, 11) is 0. The summed E-state index contributed by atoms with van der Waals surface area (Å²) in [4.78, 5) is 4.12. The molecule has 0 aliphatic carbocycles. The minimum absolute atomic E-state index is 0.406. The number of aromatic nitrogens is 1. The molecule has 1 atom stereocenters. The van der Waals surface area contributed by atoms with Crippen molar-refractivity contribution >= 4 is 10.8 Å². The van der Waals surface area contributed by atoms with Crippen molar-refractivity contribution in [3.63, 3.8) is 0 Å². The van der Waals surface area contributed by atoms with Gasteiger partial charge in [0.05, 0.1) is 0 Å². The Hall–Kier alpha value is -1.85. The maximum atomic E-state index is 5.35. The van der Waals surface area contributed by atoms with E-state index in [1.54, 1.807) is 0 Å². The second-order valence-electron chi connectivity index (χ2n) is 4.45. The Morgan fingerprint density at radius 1 is 1.33 bits per heavy atom. The lowest BCUT2D eigenvalue weighted by molar-refractivity contribution is 0.507. The third-order valence-corrected chi connectivity index (χ3v) is 3.16. The van der Waals surface area contributed by atoms with Gasteiger partial charge in [0.2, 0.25) is 0 Å². The Morgan fingerprint density at radius 3 is 3.00 bits per heavy atom. The summed E-state index contributed by atoms with van der Waals surface area (Å²) in [6, 6.07) is 8.90. The van der Waals surface area contributed by atoms with Crippen LogP contribution in [-0.4, -0.2) is 11.0 Å². The predicted molar refractivity (Wildman–Crippen MR) is 76.1 cm³/mol. The maximum Gasteiger partial charge on any atom is 0.0346 e. The van der Waals surface area contributed by atoms with E-state index in [2.05, 4.69) is 41.3 Å². The van der Waals surface area contributed by atoms with Crippen LogP contribution in [0.5, 0.6) is 0 Å². The molecule has 1 aromatic carbocycles. The van der Waals surface area contributed by atoms with Crippen LogP contribution in [0.25, 0.3) is 10.8 Å². The highest BCUT2D eigenvalue weighted by molar-refractivity contribution is 5.81. The van der Waals surface area contributed by atoms with Crippen LogP contribution in [0.2, 0.25) is 0 Å². The number of hydrogen-bond acceptors (Lipinski definition) is 2. The molecule has 2 nitrogen and oxygen atoms in total. The second-order valence-corrected chi connectivity index (χ2v) is 4.45. The summed E-state index contributed by atoms with van der Waals surface area (Å²) in [5.41, 5.74) is 1.28. The zero-order chi connectivity index (χ0) is 12.8. The normalized spacial score (nSPS) is 12.2. The van der Waals surface area contributed by atoms with Crippen molar-refractivity contribution in [1.82, 2.24) is 10.3 Å². The monoisotopic (exact) mass is 238 g/mol. The largest absolute Gasteiger partial charge is 0.309 e. The number of nitrogens with zero attached hydrogens (tertiary/aromatic N) is 1. The van der Waals surface area contributed by atoms with E-state index < -0.39 is 0 Å². The maximum absolute atomic E-state index is 5.35. The number of rotatable bonds is 5. The van der Waals surface area contributed by atoms with E-state index in [0.29, 0.717) is 6.04 Å². The topological polar surface area (TPSA) is 24.9 Å². The van der Waals surface area contributed by atoms with Crippen molar-refractivity contribution in [3.05, 3.63) is 42.2 Å². The molecule has 0 spiro atoms.